The van der Waals surface area contributed by atoms with Crippen LogP contribution in [-0.2, 0) is 4.79 Å². The van der Waals surface area contributed by atoms with Crippen molar-refractivity contribution in [3.05, 3.63) is 58.1 Å². The maximum atomic E-state index is 12.2. The molecule has 2 aromatic rings. The fraction of sp³-hybridized carbons (Fsp3) is 0.286. The molecule has 0 heterocycles. The van der Waals surface area contributed by atoms with Crippen LogP contribution < -0.4 is 20.9 Å². The maximum Gasteiger partial charge on any atom is 0.269 e. The van der Waals surface area contributed by atoms with Crippen LogP contribution in [0.25, 0.3) is 0 Å². The van der Waals surface area contributed by atoms with Crippen LogP contribution >= 0.6 is 15.9 Å². The van der Waals surface area contributed by atoms with Gasteiger partial charge in [0.15, 0.2) is 0 Å². The zero-order valence-corrected chi connectivity index (χ0v) is 18.1. The minimum Gasteiger partial charge on any atom is -0.493 e. The van der Waals surface area contributed by atoms with Gasteiger partial charge in [-0.3, -0.25) is 25.2 Å². The number of hydrogen-bond donors (Lipinski definition) is 3. The molecule has 8 heteroatoms. The van der Waals surface area contributed by atoms with Crippen LogP contribution in [0.4, 0.5) is 5.69 Å². The number of hydrogen-bond acceptors (Lipinski definition) is 4. The van der Waals surface area contributed by atoms with Crippen LogP contribution in [-0.4, -0.2) is 24.3 Å². The fourth-order valence-electron chi connectivity index (χ4n) is 2.46. The zero-order valence-electron chi connectivity index (χ0n) is 16.5. The lowest BCUT2D eigenvalue weighted by molar-refractivity contribution is -0.116. The Labute approximate surface area is 178 Å². The van der Waals surface area contributed by atoms with Gasteiger partial charge in [-0.2, -0.15) is 0 Å². The van der Waals surface area contributed by atoms with Crippen LogP contribution in [0.1, 0.15) is 47.9 Å². The Bertz CT molecular complexity index is 882. The molecule has 0 aliphatic carbocycles. The third-order valence-electron chi connectivity index (χ3n) is 3.81. The summed E-state index contributed by atoms with van der Waals surface area (Å²) in [4.78, 5) is 36.2. The number of anilines is 1. The average molecular weight is 462 g/mol. The molecule has 2 rings (SSSR count). The minimum atomic E-state index is -0.469. The number of benzene rings is 2. The van der Waals surface area contributed by atoms with Crippen molar-refractivity contribution in [2.45, 2.75) is 27.2 Å². The lowest BCUT2D eigenvalue weighted by atomic mass is 10.1. The number of nitrogens with one attached hydrogen (secondary N) is 3. The number of ether oxygens (including phenoxy) is 1. The van der Waals surface area contributed by atoms with E-state index in [0.717, 1.165) is 0 Å². The maximum absolute atomic E-state index is 12.2. The number of carbonyl (C=O) groups excluding carboxylic acids is 3. The first-order chi connectivity index (χ1) is 13.8. The molecule has 0 aliphatic rings. The molecule has 7 nitrogen and oxygen atoms in total. The highest BCUT2D eigenvalue weighted by Crippen LogP contribution is 2.25. The predicted molar refractivity (Wildman–Crippen MR) is 115 cm³/mol. The number of amides is 3. The minimum absolute atomic E-state index is 0.0778. The molecule has 29 heavy (non-hydrogen) atoms. The van der Waals surface area contributed by atoms with Crippen LogP contribution in [0.3, 0.4) is 0 Å². The molecule has 3 amide bonds. The number of halogens is 1. The summed E-state index contributed by atoms with van der Waals surface area (Å²) in [5.41, 5.74) is 6.06. The second-order valence-electron chi connectivity index (χ2n) is 6.71. The average Bonchev–Trinajstić information content (AvgIpc) is 2.67. The van der Waals surface area contributed by atoms with Crippen LogP contribution in [0.5, 0.6) is 5.75 Å². The van der Waals surface area contributed by atoms with E-state index < -0.39 is 11.8 Å². The van der Waals surface area contributed by atoms with Gasteiger partial charge < -0.3 is 10.1 Å². The van der Waals surface area contributed by atoms with Crippen LogP contribution in [0, 0.1) is 5.92 Å². The first-order valence-corrected chi connectivity index (χ1v) is 10.0. The van der Waals surface area contributed by atoms with Crippen LogP contribution in [0.15, 0.2) is 46.9 Å². The Morgan fingerprint density at radius 1 is 0.966 bits per heavy atom. The highest BCUT2D eigenvalue weighted by molar-refractivity contribution is 9.10. The number of hydrazine groups is 1. The van der Waals surface area contributed by atoms with Crippen molar-refractivity contribution in [1.82, 2.24) is 10.9 Å². The molecule has 0 saturated carbocycles. The zero-order chi connectivity index (χ0) is 21.4. The van der Waals surface area contributed by atoms with Gasteiger partial charge in [-0.1, -0.05) is 13.8 Å². The molecule has 3 N–H and O–H groups in total. The SMILES string of the molecule is CCOc1ccc(C(=O)NNC(=O)c2ccc(NC(=O)CC(C)C)cc2)cc1Br. The second-order valence-corrected chi connectivity index (χ2v) is 7.56. The summed E-state index contributed by atoms with van der Waals surface area (Å²) in [5, 5.41) is 2.77. The predicted octanol–water partition coefficient (Wildman–Crippen LogP) is 3.91. The standard InChI is InChI=1S/C21H24BrN3O4/c1-4-29-18-10-7-15(12-17(18)22)21(28)25-24-20(27)14-5-8-16(9-6-14)23-19(26)11-13(2)3/h5-10,12-13H,4,11H2,1-3H3,(H,23,26)(H,24,27)(H,25,28). The third kappa shape index (κ3) is 6.90. The van der Waals surface area contributed by atoms with Gasteiger partial charge in [0.1, 0.15) is 5.75 Å². The largest absolute Gasteiger partial charge is 0.493 e. The normalized spacial score (nSPS) is 10.4. The molecule has 0 bridgehead atoms. The molecule has 0 atom stereocenters. The highest BCUT2D eigenvalue weighted by atomic mass is 79.9. The van der Waals surface area contributed by atoms with E-state index in [-0.39, 0.29) is 11.8 Å². The fourth-order valence-corrected chi connectivity index (χ4v) is 2.95. The Hall–Kier alpha value is -2.87. The van der Waals surface area contributed by atoms with Gasteiger partial charge in [-0.05, 0) is 71.2 Å². The number of rotatable bonds is 7. The summed E-state index contributed by atoms with van der Waals surface area (Å²) in [6.45, 7) is 6.32. The molecule has 0 saturated heterocycles. The van der Waals surface area contributed by atoms with Gasteiger partial charge in [0.2, 0.25) is 5.91 Å². The summed E-state index contributed by atoms with van der Waals surface area (Å²) in [6, 6.07) is 11.3. The molecule has 0 spiro atoms. The van der Waals surface area contributed by atoms with E-state index in [1.54, 1.807) is 42.5 Å². The Morgan fingerprint density at radius 3 is 2.10 bits per heavy atom. The van der Waals surface area contributed by atoms with E-state index in [1.165, 1.54) is 0 Å². The lowest BCUT2D eigenvalue weighted by Gasteiger charge is -2.10. The van der Waals surface area contributed by atoms with Crippen molar-refractivity contribution in [2.24, 2.45) is 5.92 Å². The van der Waals surface area contributed by atoms with Crippen molar-refractivity contribution in [3.8, 4) is 5.75 Å². The summed E-state index contributed by atoms with van der Waals surface area (Å²) in [7, 11) is 0. The van der Waals surface area contributed by atoms with Gasteiger partial charge in [-0.15, -0.1) is 0 Å². The monoisotopic (exact) mass is 461 g/mol. The Balaban J connectivity index is 1.91. The quantitative estimate of drug-likeness (QED) is 0.544. The second kappa shape index (κ2) is 10.6. The first kappa shape index (κ1) is 22.4. The van der Waals surface area contributed by atoms with Crippen LogP contribution in [0.2, 0.25) is 0 Å². The van der Waals surface area contributed by atoms with Gasteiger partial charge >= 0.3 is 0 Å². The molecule has 0 unspecified atom stereocenters. The summed E-state index contributed by atoms with van der Waals surface area (Å²) in [6.07, 6.45) is 0.427. The highest BCUT2D eigenvalue weighted by Gasteiger charge is 2.12. The van der Waals surface area contributed by atoms with Crippen molar-refractivity contribution < 1.29 is 19.1 Å². The van der Waals surface area contributed by atoms with E-state index in [2.05, 4.69) is 32.1 Å². The third-order valence-corrected chi connectivity index (χ3v) is 4.43. The van der Waals surface area contributed by atoms with E-state index in [0.29, 0.717) is 40.1 Å². The smallest absolute Gasteiger partial charge is 0.269 e. The van der Waals surface area contributed by atoms with E-state index in [1.807, 2.05) is 20.8 Å². The molecule has 0 aromatic heterocycles. The first-order valence-electron chi connectivity index (χ1n) is 9.23. The Morgan fingerprint density at radius 2 is 1.55 bits per heavy atom. The lowest BCUT2D eigenvalue weighted by Crippen LogP contribution is -2.41. The van der Waals surface area contributed by atoms with Crippen molar-refractivity contribution >= 4 is 39.3 Å². The summed E-state index contributed by atoms with van der Waals surface area (Å²) >= 11 is 3.35. The van der Waals surface area contributed by atoms with Crippen molar-refractivity contribution in [3.63, 3.8) is 0 Å². The van der Waals surface area contributed by atoms with Gasteiger partial charge in [0, 0.05) is 23.2 Å². The molecule has 0 radical (unpaired) electrons. The van der Waals surface area contributed by atoms with Crippen molar-refractivity contribution in [2.75, 3.05) is 11.9 Å². The summed E-state index contributed by atoms with van der Waals surface area (Å²) in [5.74, 6) is -0.109. The Kier molecular flexibility index (Phi) is 8.21. The van der Waals surface area contributed by atoms with E-state index >= 15 is 0 Å². The van der Waals surface area contributed by atoms with Crippen molar-refractivity contribution in [1.29, 1.82) is 0 Å². The van der Waals surface area contributed by atoms with Gasteiger partial charge in [0.25, 0.3) is 11.8 Å². The van der Waals surface area contributed by atoms with E-state index in [4.69, 9.17) is 4.74 Å². The molecule has 0 fully saturated rings. The summed E-state index contributed by atoms with van der Waals surface area (Å²) < 4.78 is 6.05. The molecule has 154 valence electrons. The van der Waals surface area contributed by atoms with E-state index in [9.17, 15) is 14.4 Å². The topological polar surface area (TPSA) is 96.5 Å². The molecular weight excluding hydrogens is 438 g/mol. The molecular formula is C21H24BrN3O4. The molecule has 2 aromatic carbocycles. The van der Waals surface area contributed by atoms with Gasteiger partial charge in [0.05, 0.1) is 11.1 Å². The molecule has 0 aliphatic heterocycles. The number of carbonyl (C=O) groups is 3. The van der Waals surface area contributed by atoms with Gasteiger partial charge in [-0.25, -0.2) is 0 Å².